The number of carbonyl (C=O) groups excluding carboxylic acids is 2. The van der Waals surface area contributed by atoms with Crippen LogP contribution in [-0.4, -0.2) is 12.0 Å². The molecule has 0 saturated carbocycles. The molecule has 0 atom stereocenters. The monoisotopic (exact) mass is 247 g/mol. The quantitative estimate of drug-likeness (QED) is 0.501. The van der Waals surface area contributed by atoms with Crippen LogP contribution in [0.5, 0.6) is 0 Å². The summed E-state index contributed by atoms with van der Waals surface area (Å²) < 4.78 is 4.97. The van der Waals surface area contributed by atoms with Crippen molar-refractivity contribution < 1.29 is 14.3 Å². The van der Waals surface area contributed by atoms with Crippen LogP contribution in [0.15, 0.2) is 52.3 Å². The van der Waals surface area contributed by atoms with Crippen LogP contribution >= 0.6 is 0 Å². The second kappa shape index (κ2) is 6.95. The van der Waals surface area contributed by atoms with Crippen molar-refractivity contribution in [3.63, 3.8) is 0 Å². The number of carbonyl (C=O) groups is 2. The molecular weight excluding hydrogens is 234 g/mol. The van der Waals surface area contributed by atoms with Gasteiger partial charge in [-0.05, 0) is 12.5 Å². The minimum Gasteiger partial charge on any atom is -0.458 e. The fourth-order valence-corrected chi connectivity index (χ4v) is 1.10. The Balaban J connectivity index is 2.46. The van der Waals surface area contributed by atoms with Gasteiger partial charge in [-0.1, -0.05) is 35.4 Å². The number of benzene rings is 1. The van der Waals surface area contributed by atoms with E-state index in [0.29, 0.717) is 0 Å². The Morgan fingerprint density at radius 1 is 1.28 bits per heavy atom. The first-order valence-corrected chi connectivity index (χ1v) is 5.18. The van der Waals surface area contributed by atoms with Crippen molar-refractivity contribution in [3.05, 3.63) is 47.7 Å². The van der Waals surface area contributed by atoms with E-state index in [1.54, 1.807) is 0 Å². The maximum absolute atomic E-state index is 11.4. The summed E-state index contributed by atoms with van der Waals surface area (Å²) in [6.45, 7) is 1.69. The van der Waals surface area contributed by atoms with Gasteiger partial charge in [-0.2, -0.15) is 5.11 Å². The van der Waals surface area contributed by atoms with E-state index in [2.05, 4.69) is 10.2 Å². The highest BCUT2D eigenvalue weighted by Crippen LogP contribution is 2.02. The van der Waals surface area contributed by atoms with Gasteiger partial charge in [0.2, 0.25) is 0 Å². The third-order valence-electron chi connectivity index (χ3n) is 1.86. The van der Waals surface area contributed by atoms with Crippen LogP contribution in [0.25, 0.3) is 0 Å². The molecule has 18 heavy (non-hydrogen) atoms. The Bertz CT molecular complexity index is 481. The molecule has 0 aliphatic heterocycles. The van der Waals surface area contributed by atoms with Crippen molar-refractivity contribution in [3.8, 4) is 0 Å². The lowest BCUT2D eigenvalue weighted by Crippen LogP contribution is -2.03. The predicted octanol–water partition coefficient (Wildman–Crippen LogP) is 2.16. The molecule has 0 saturated heterocycles. The minimum atomic E-state index is -0.916. The van der Waals surface area contributed by atoms with Gasteiger partial charge in [0, 0.05) is 6.08 Å². The number of nitrogens with two attached hydrogens (primary N) is 1. The second-order valence-corrected chi connectivity index (χ2v) is 3.42. The van der Waals surface area contributed by atoms with E-state index in [9.17, 15) is 9.59 Å². The zero-order valence-electron chi connectivity index (χ0n) is 9.87. The molecule has 0 fully saturated rings. The van der Waals surface area contributed by atoms with Crippen LogP contribution < -0.4 is 5.73 Å². The summed E-state index contributed by atoms with van der Waals surface area (Å²) in [5.74, 6) is -0.556. The number of nitrogens with zero attached hydrogens (tertiary/aromatic N) is 2. The summed E-state index contributed by atoms with van der Waals surface area (Å²) in [5, 5.41) is 6.51. The van der Waals surface area contributed by atoms with Gasteiger partial charge in [-0.3, -0.25) is 0 Å². The van der Waals surface area contributed by atoms with Crippen LogP contribution in [0.4, 0.5) is 4.79 Å². The van der Waals surface area contributed by atoms with Gasteiger partial charge in [0.05, 0.1) is 5.70 Å². The van der Waals surface area contributed by atoms with E-state index in [1.165, 1.54) is 6.92 Å². The molecule has 0 aromatic heterocycles. The molecule has 0 spiro atoms. The third kappa shape index (κ3) is 5.55. The highest BCUT2D eigenvalue weighted by atomic mass is 16.5. The molecule has 0 bridgehead atoms. The Morgan fingerprint density at radius 2 is 1.94 bits per heavy atom. The van der Waals surface area contributed by atoms with Gasteiger partial charge in [0.25, 0.3) is 0 Å². The summed E-state index contributed by atoms with van der Waals surface area (Å²) in [5.41, 5.74) is 5.89. The fourth-order valence-electron chi connectivity index (χ4n) is 1.10. The number of urea groups is 1. The van der Waals surface area contributed by atoms with Crippen molar-refractivity contribution in [2.75, 3.05) is 0 Å². The second-order valence-electron chi connectivity index (χ2n) is 3.42. The number of esters is 1. The Morgan fingerprint density at radius 3 is 2.56 bits per heavy atom. The van der Waals surface area contributed by atoms with Crippen molar-refractivity contribution in [2.45, 2.75) is 13.5 Å². The number of hydrogen-bond acceptors (Lipinski definition) is 4. The minimum absolute atomic E-state index is 0.177. The number of rotatable bonds is 4. The molecule has 0 aliphatic carbocycles. The largest absolute Gasteiger partial charge is 0.458 e. The summed E-state index contributed by atoms with van der Waals surface area (Å²) in [6, 6.07) is 8.35. The van der Waals surface area contributed by atoms with E-state index < -0.39 is 12.0 Å². The number of allylic oxidation sites excluding steroid dienone is 1. The van der Waals surface area contributed by atoms with Gasteiger partial charge < -0.3 is 10.5 Å². The standard InChI is InChI=1S/C12H13N3O3/c1-9(14-15-12(13)17)7-11(16)18-8-10-5-3-2-4-6-10/h2-7H,8H2,1H3,(H2,13,17)/b9-7+,15-14?. The smallest absolute Gasteiger partial charge is 0.356 e. The van der Waals surface area contributed by atoms with Gasteiger partial charge >= 0.3 is 12.0 Å². The predicted molar refractivity (Wildman–Crippen MR) is 64.4 cm³/mol. The molecular formula is C12H13N3O3. The normalized spacial score (nSPS) is 11.5. The molecule has 2 amide bonds. The molecule has 0 heterocycles. The first kappa shape index (κ1) is 13.6. The Labute approximate surface area is 104 Å². The highest BCUT2D eigenvalue weighted by Gasteiger charge is 2.00. The molecule has 94 valence electrons. The molecule has 6 heteroatoms. The van der Waals surface area contributed by atoms with E-state index in [-0.39, 0.29) is 12.3 Å². The topological polar surface area (TPSA) is 94.1 Å². The van der Waals surface area contributed by atoms with Crippen molar-refractivity contribution in [1.82, 2.24) is 0 Å². The fraction of sp³-hybridized carbons (Fsp3) is 0.167. The molecule has 6 nitrogen and oxygen atoms in total. The lowest BCUT2D eigenvalue weighted by Gasteiger charge is -2.01. The van der Waals surface area contributed by atoms with Crippen molar-refractivity contribution >= 4 is 12.0 Å². The Kier molecular flexibility index (Phi) is 5.24. The molecule has 0 unspecified atom stereocenters. The van der Waals surface area contributed by atoms with Gasteiger partial charge in [0.15, 0.2) is 0 Å². The van der Waals surface area contributed by atoms with E-state index in [0.717, 1.165) is 11.6 Å². The lowest BCUT2D eigenvalue weighted by molar-refractivity contribution is -0.139. The third-order valence-corrected chi connectivity index (χ3v) is 1.86. The zero-order valence-corrected chi connectivity index (χ0v) is 9.87. The number of amides is 2. The maximum atomic E-state index is 11.4. The van der Waals surface area contributed by atoms with E-state index in [1.807, 2.05) is 30.3 Å². The van der Waals surface area contributed by atoms with Crippen LogP contribution in [0, 0.1) is 0 Å². The molecule has 1 rings (SSSR count). The first-order valence-electron chi connectivity index (χ1n) is 5.18. The maximum Gasteiger partial charge on any atom is 0.356 e. The average molecular weight is 247 g/mol. The highest BCUT2D eigenvalue weighted by molar-refractivity contribution is 5.82. The Hall–Kier alpha value is -2.50. The van der Waals surface area contributed by atoms with Crippen LogP contribution in [0.2, 0.25) is 0 Å². The molecule has 1 aromatic rings. The van der Waals surface area contributed by atoms with Crippen LogP contribution in [-0.2, 0) is 16.1 Å². The first-order chi connectivity index (χ1) is 8.58. The molecule has 0 aliphatic rings. The number of azo groups is 1. The van der Waals surface area contributed by atoms with Crippen LogP contribution in [0.3, 0.4) is 0 Å². The zero-order chi connectivity index (χ0) is 13.4. The van der Waals surface area contributed by atoms with Crippen molar-refractivity contribution in [1.29, 1.82) is 0 Å². The SMILES string of the molecule is C/C(=C\C(=O)OCc1ccccc1)N=NC(N)=O. The van der Waals surface area contributed by atoms with Crippen molar-refractivity contribution in [2.24, 2.45) is 16.0 Å². The molecule has 1 aromatic carbocycles. The summed E-state index contributed by atoms with van der Waals surface area (Å²) in [7, 11) is 0. The molecule has 2 N–H and O–H groups in total. The van der Waals surface area contributed by atoms with E-state index >= 15 is 0 Å². The lowest BCUT2D eigenvalue weighted by atomic mass is 10.2. The average Bonchev–Trinajstić information content (AvgIpc) is 2.35. The summed E-state index contributed by atoms with van der Waals surface area (Å²) in [6.07, 6.45) is 1.13. The number of ether oxygens (including phenoxy) is 1. The van der Waals surface area contributed by atoms with Gasteiger partial charge in [-0.15, -0.1) is 0 Å². The molecule has 0 radical (unpaired) electrons. The van der Waals surface area contributed by atoms with Crippen LogP contribution in [0.1, 0.15) is 12.5 Å². The number of hydrogen-bond donors (Lipinski definition) is 1. The number of primary amides is 1. The summed E-state index contributed by atoms with van der Waals surface area (Å²) >= 11 is 0. The van der Waals surface area contributed by atoms with Gasteiger partial charge in [-0.25, -0.2) is 9.59 Å². The van der Waals surface area contributed by atoms with Gasteiger partial charge in [0.1, 0.15) is 6.61 Å². The van der Waals surface area contributed by atoms with E-state index in [4.69, 9.17) is 10.5 Å². The summed E-state index contributed by atoms with van der Waals surface area (Å²) in [4.78, 5) is 21.7.